The number of ether oxygens (including phenoxy) is 2. The Balaban J connectivity index is 1.67. The van der Waals surface area contributed by atoms with Crippen molar-refractivity contribution in [3.63, 3.8) is 0 Å². The summed E-state index contributed by atoms with van der Waals surface area (Å²) in [6, 6.07) is 6.89. The van der Waals surface area contributed by atoms with Crippen LogP contribution < -0.4 is 14.8 Å². The third-order valence-corrected chi connectivity index (χ3v) is 2.49. The Kier molecular flexibility index (Phi) is 2.60. The fraction of sp³-hybridized carbons (Fsp3) is 0.167. The minimum Gasteiger partial charge on any atom is -0.454 e. The van der Waals surface area contributed by atoms with Crippen molar-refractivity contribution in [1.82, 2.24) is 5.16 Å². The highest BCUT2D eigenvalue weighted by Crippen LogP contribution is 2.34. The molecule has 0 fully saturated rings. The molecule has 1 N–H and O–H groups in total. The van der Waals surface area contributed by atoms with Gasteiger partial charge in [-0.15, -0.1) is 0 Å². The van der Waals surface area contributed by atoms with Gasteiger partial charge in [-0.3, -0.25) is 4.79 Å². The largest absolute Gasteiger partial charge is 0.454 e. The summed E-state index contributed by atoms with van der Waals surface area (Å²) in [4.78, 5) is 11.7. The zero-order valence-corrected chi connectivity index (χ0v) is 9.38. The molecule has 18 heavy (non-hydrogen) atoms. The fourth-order valence-electron chi connectivity index (χ4n) is 1.67. The van der Waals surface area contributed by atoms with Crippen LogP contribution in [-0.4, -0.2) is 17.9 Å². The fourth-order valence-corrected chi connectivity index (χ4v) is 1.67. The monoisotopic (exact) mass is 246 g/mol. The topological polar surface area (TPSA) is 73.6 Å². The number of hydrogen-bond donors (Lipinski definition) is 1. The Hall–Kier alpha value is -2.50. The van der Waals surface area contributed by atoms with Crippen LogP contribution in [0.5, 0.6) is 11.5 Å². The Bertz CT molecular complexity index is 565. The first-order valence-electron chi connectivity index (χ1n) is 5.40. The highest BCUT2D eigenvalue weighted by atomic mass is 16.7. The van der Waals surface area contributed by atoms with Gasteiger partial charge in [0.25, 0.3) is 0 Å². The molecular weight excluding hydrogens is 236 g/mol. The Labute approximate surface area is 102 Å². The second-order valence-electron chi connectivity index (χ2n) is 3.78. The van der Waals surface area contributed by atoms with E-state index in [0.717, 1.165) is 0 Å². The van der Waals surface area contributed by atoms with E-state index in [4.69, 9.17) is 9.47 Å². The maximum Gasteiger partial charge on any atom is 0.231 e. The van der Waals surface area contributed by atoms with E-state index in [1.165, 1.54) is 6.26 Å². The Morgan fingerprint density at radius 1 is 1.28 bits per heavy atom. The normalized spacial score (nSPS) is 12.4. The zero-order valence-electron chi connectivity index (χ0n) is 9.38. The van der Waals surface area contributed by atoms with E-state index < -0.39 is 0 Å². The number of carbonyl (C=O) groups is 1. The van der Waals surface area contributed by atoms with Crippen molar-refractivity contribution < 1.29 is 18.8 Å². The van der Waals surface area contributed by atoms with Crippen LogP contribution >= 0.6 is 0 Å². The summed E-state index contributed by atoms with van der Waals surface area (Å²) in [6.07, 6.45) is 1.61. The standard InChI is InChI=1S/C12H10N2O4/c15-12(6-9-3-4-18-14-9)13-8-1-2-10-11(5-8)17-7-16-10/h1-5H,6-7H2,(H,13,15). The number of amides is 1. The minimum atomic E-state index is -0.164. The molecule has 2 aromatic rings. The van der Waals surface area contributed by atoms with E-state index >= 15 is 0 Å². The molecule has 1 aromatic carbocycles. The second kappa shape index (κ2) is 4.40. The molecule has 1 amide bonds. The van der Waals surface area contributed by atoms with E-state index in [1.807, 2.05) is 0 Å². The van der Waals surface area contributed by atoms with E-state index in [2.05, 4.69) is 15.0 Å². The van der Waals surface area contributed by atoms with Crippen LogP contribution in [0.3, 0.4) is 0 Å². The summed E-state index contributed by atoms with van der Waals surface area (Å²) < 4.78 is 15.1. The van der Waals surface area contributed by atoms with E-state index in [9.17, 15) is 4.79 Å². The van der Waals surface area contributed by atoms with Gasteiger partial charge in [-0.2, -0.15) is 0 Å². The molecule has 1 aliphatic rings. The van der Waals surface area contributed by atoms with Crippen LogP contribution in [0.2, 0.25) is 0 Å². The summed E-state index contributed by atoms with van der Waals surface area (Å²) in [5, 5.41) is 6.43. The summed E-state index contributed by atoms with van der Waals surface area (Å²) >= 11 is 0. The number of rotatable bonds is 3. The number of hydrogen-bond acceptors (Lipinski definition) is 5. The number of aromatic nitrogens is 1. The lowest BCUT2D eigenvalue weighted by molar-refractivity contribution is -0.115. The van der Waals surface area contributed by atoms with E-state index in [1.54, 1.807) is 24.3 Å². The molecule has 0 spiro atoms. The average molecular weight is 246 g/mol. The highest BCUT2D eigenvalue weighted by Gasteiger charge is 2.14. The molecule has 6 heteroatoms. The van der Waals surface area contributed by atoms with Gasteiger partial charge in [0.05, 0.1) is 12.1 Å². The SMILES string of the molecule is O=C(Cc1ccon1)Nc1ccc2c(c1)OCO2. The summed E-state index contributed by atoms with van der Waals surface area (Å²) in [6.45, 7) is 0.214. The molecule has 1 aromatic heterocycles. The van der Waals surface area contributed by atoms with Crippen LogP contribution in [0.1, 0.15) is 5.69 Å². The summed E-state index contributed by atoms with van der Waals surface area (Å²) in [7, 11) is 0. The number of nitrogens with zero attached hydrogens (tertiary/aromatic N) is 1. The molecule has 1 aliphatic heterocycles. The van der Waals surface area contributed by atoms with E-state index in [-0.39, 0.29) is 19.1 Å². The lowest BCUT2D eigenvalue weighted by Crippen LogP contribution is -2.14. The average Bonchev–Trinajstić information content (AvgIpc) is 2.98. The van der Waals surface area contributed by atoms with Gasteiger partial charge in [-0.25, -0.2) is 0 Å². The number of benzene rings is 1. The first-order chi connectivity index (χ1) is 8.81. The lowest BCUT2D eigenvalue weighted by atomic mass is 10.2. The van der Waals surface area contributed by atoms with Gasteiger partial charge in [-0.05, 0) is 12.1 Å². The molecule has 0 radical (unpaired) electrons. The van der Waals surface area contributed by atoms with Crippen molar-refractivity contribution in [1.29, 1.82) is 0 Å². The van der Waals surface area contributed by atoms with Gasteiger partial charge in [-0.1, -0.05) is 5.16 Å². The number of fused-ring (bicyclic) bond motifs is 1. The van der Waals surface area contributed by atoms with Crippen LogP contribution in [0.15, 0.2) is 35.1 Å². The molecular formula is C12H10N2O4. The first-order valence-corrected chi connectivity index (χ1v) is 5.40. The smallest absolute Gasteiger partial charge is 0.231 e. The van der Waals surface area contributed by atoms with Gasteiger partial charge in [0.15, 0.2) is 11.5 Å². The highest BCUT2D eigenvalue weighted by molar-refractivity contribution is 5.92. The van der Waals surface area contributed by atoms with Crippen LogP contribution in [0.25, 0.3) is 0 Å². The Morgan fingerprint density at radius 2 is 2.17 bits per heavy atom. The molecule has 3 rings (SSSR count). The maximum absolute atomic E-state index is 11.7. The molecule has 92 valence electrons. The molecule has 0 saturated heterocycles. The molecule has 0 aliphatic carbocycles. The molecule has 0 bridgehead atoms. The minimum absolute atomic E-state index is 0.164. The lowest BCUT2D eigenvalue weighted by Gasteiger charge is -2.04. The second-order valence-corrected chi connectivity index (χ2v) is 3.78. The molecule has 0 atom stereocenters. The van der Waals surface area contributed by atoms with Crippen LogP contribution in [0.4, 0.5) is 5.69 Å². The van der Waals surface area contributed by atoms with Crippen molar-refractivity contribution in [2.75, 3.05) is 12.1 Å². The molecule has 0 unspecified atom stereocenters. The van der Waals surface area contributed by atoms with Crippen molar-refractivity contribution in [3.8, 4) is 11.5 Å². The molecule has 6 nitrogen and oxygen atoms in total. The number of anilines is 1. The van der Waals surface area contributed by atoms with Crippen molar-refractivity contribution >= 4 is 11.6 Å². The number of nitrogens with one attached hydrogen (secondary N) is 1. The van der Waals surface area contributed by atoms with Crippen LogP contribution in [-0.2, 0) is 11.2 Å². The quantitative estimate of drug-likeness (QED) is 0.890. The predicted octanol–water partition coefficient (Wildman–Crippen LogP) is 1.58. The van der Waals surface area contributed by atoms with Gasteiger partial charge in [0.1, 0.15) is 6.26 Å². The third kappa shape index (κ3) is 2.13. The summed E-state index contributed by atoms with van der Waals surface area (Å²) in [5.41, 5.74) is 1.25. The Morgan fingerprint density at radius 3 is 3.00 bits per heavy atom. The van der Waals surface area contributed by atoms with Gasteiger partial charge >= 0.3 is 0 Å². The zero-order chi connectivity index (χ0) is 12.4. The first kappa shape index (κ1) is 10.6. The third-order valence-electron chi connectivity index (χ3n) is 2.49. The van der Waals surface area contributed by atoms with Crippen molar-refractivity contribution in [3.05, 3.63) is 36.2 Å². The number of carbonyl (C=O) groups excluding carboxylic acids is 1. The maximum atomic E-state index is 11.7. The van der Waals surface area contributed by atoms with E-state index in [0.29, 0.717) is 22.9 Å². The van der Waals surface area contributed by atoms with Gasteiger partial charge in [0, 0.05) is 17.8 Å². The predicted molar refractivity (Wildman–Crippen MR) is 61.4 cm³/mol. The van der Waals surface area contributed by atoms with Gasteiger partial charge < -0.3 is 19.3 Å². The molecule has 2 heterocycles. The summed E-state index contributed by atoms with van der Waals surface area (Å²) in [5.74, 6) is 1.15. The van der Waals surface area contributed by atoms with Crippen molar-refractivity contribution in [2.45, 2.75) is 6.42 Å². The van der Waals surface area contributed by atoms with Crippen molar-refractivity contribution in [2.24, 2.45) is 0 Å². The molecule has 0 saturated carbocycles. The van der Waals surface area contributed by atoms with Crippen LogP contribution in [0, 0.1) is 0 Å². The van der Waals surface area contributed by atoms with Gasteiger partial charge in [0.2, 0.25) is 12.7 Å².